The highest BCUT2D eigenvalue weighted by Gasteiger charge is 2.17. The lowest BCUT2D eigenvalue weighted by atomic mass is 10.0. The van der Waals surface area contributed by atoms with Gasteiger partial charge in [0.05, 0.1) is 14.2 Å². The molecule has 0 aliphatic heterocycles. The quantitative estimate of drug-likeness (QED) is 0.167. The van der Waals surface area contributed by atoms with E-state index in [0.29, 0.717) is 30.9 Å². The number of hydrogen-bond acceptors (Lipinski definition) is 7. The van der Waals surface area contributed by atoms with Crippen molar-refractivity contribution in [1.29, 1.82) is 0 Å². The summed E-state index contributed by atoms with van der Waals surface area (Å²) in [6, 6.07) is 12.7. The SMILES string of the molecule is COc1ccc(CCCc2cccc(OCC(=O)NCCCCCC(=O)N[C@@H](CS)C(=O)O)c2)cc1OC. The molecule has 2 amide bonds. The van der Waals surface area contributed by atoms with E-state index in [0.717, 1.165) is 37.0 Å². The molecular formula is C28H38N2O7S. The number of thiol groups is 1. The van der Waals surface area contributed by atoms with Crippen molar-refractivity contribution in [3.63, 3.8) is 0 Å². The van der Waals surface area contributed by atoms with Crippen LogP contribution in [0.4, 0.5) is 0 Å². The Morgan fingerprint density at radius 2 is 1.63 bits per heavy atom. The van der Waals surface area contributed by atoms with Crippen LogP contribution < -0.4 is 24.8 Å². The van der Waals surface area contributed by atoms with Gasteiger partial charge in [-0.3, -0.25) is 9.59 Å². The molecule has 0 unspecified atom stereocenters. The van der Waals surface area contributed by atoms with Crippen molar-refractivity contribution in [3.8, 4) is 17.2 Å². The molecule has 2 aromatic carbocycles. The fraction of sp³-hybridized carbons (Fsp3) is 0.464. The van der Waals surface area contributed by atoms with Gasteiger partial charge >= 0.3 is 5.97 Å². The monoisotopic (exact) mass is 546 g/mol. The number of methoxy groups -OCH3 is 2. The summed E-state index contributed by atoms with van der Waals surface area (Å²) in [7, 11) is 3.25. The van der Waals surface area contributed by atoms with Crippen LogP contribution in [0, 0.1) is 0 Å². The van der Waals surface area contributed by atoms with Crippen molar-refractivity contribution in [2.75, 3.05) is 33.1 Å². The van der Waals surface area contributed by atoms with E-state index < -0.39 is 12.0 Å². The number of aryl methyl sites for hydroxylation is 2. The molecule has 0 aromatic heterocycles. The number of carbonyl (C=O) groups is 3. The zero-order chi connectivity index (χ0) is 27.8. The lowest BCUT2D eigenvalue weighted by Gasteiger charge is -2.11. The van der Waals surface area contributed by atoms with Gasteiger partial charge in [0.2, 0.25) is 5.91 Å². The highest BCUT2D eigenvalue weighted by atomic mass is 32.1. The number of carboxylic acid groups (broad SMARTS) is 1. The van der Waals surface area contributed by atoms with Crippen molar-refractivity contribution in [2.24, 2.45) is 0 Å². The van der Waals surface area contributed by atoms with E-state index in [9.17, 15) is 14.4 Å². The predicted octanol–water partition coefficient (Wildman–Crippen LogP) is 3.43. The van der Waals surface area contributed by atoms with E-state index in [4.69, 9.17) is 19.3 Å². The molecule has 0 fully saturated rings. The van der Waals surface area contributed by atoms with Crippen LogP contribution in [-0.2, 0) is 27.2 Å². The molecule has 2 aromatic rings. The average Bonchev–Trinajstić information content (AvgIpc) is 2.92. The third-order valence-corrected chi connectivity index (χ3v) is 6.23. The Morgan fingerprint density at radius 1 is 0.895 bits per heavy atom. The van der Waals surface area contributed by atoms with E-state index in [2.05, 4.69) is 23.3 Å². The molecule has 10 heteroatoms. The summed E-state index contributed by atoms with van der Waals surface area (Å²) < 4.78 is 16.3. The zero-order valence-corrected chi connectivity index (χ0v) is 22.9. The molecule has 0 saturated heterocycles. The van der Waals surface area contributed by atoms with Gasteiger partial charge in [-0.1, -0.05) is 24.6 Å². The number of rotatable bonds is 18. The van der Waals surface area contributed by atoms with E-state index in [1.54, 1.807) is 14.2 Å². The van der Waals surface area contributed by atoms with E-state index in [1.165, 1.54) is 5.56 Å². The minimum absolute atomic E-state index is 0.0417. The Bertz CT molecular complexity index is 1050. The molecule has 1 atom stereocenters. The van der Waals surface area contributed by atoms with Crippen molar-refractivity contribution in [3.05, 3.63) is 53.6 Å². The second-order valence-corrected chi connectivity index (χ2v) is 9.15. The fourth-order valence-corrected chi connectivity index (χ4v) is 4.04. The fourth-order valence-electron chi connectivity index (χ4n) is 3.79. The van der Waals surface area contributed by atoms with Crippen LogP contribution in [0.1, 0.15) is 43.2 Å². The van der Waals surface area contributed by atoms with Gasteiger partial charge in [-0.2, -0.15) is 12.6 Å². The van der Waals surface area contributed by atoms with Crippen molar-refractivity contribution in [2.45, 2.75) is 51.0 Å². The van der Waals surface area contributed by atoms with Crippen LogP contribution in [0.2, 0.25) is 0 Å². The highest BCUT2D eigenvalue weighted by Crippen LogP contribution is 2.28. The van der Waals surface area contributed by atoms with Crippen LogP contribution in [0.25, 0.3) is 0 Å². The first-order valence-corrected chi connectivity index (χ1v) is 13.3. The molecule has 0 saturated carbocycles. The minimum Gasteiger partial charge on any atom is -0.493 e. The Morgan fingerprint density at radius 3 is 2.32 bits per heavy atom. The van der Waals surface area contributed by atoms with Gasteiger partial charge in [0, 0.05) is 18.7 Å². The number of benzene rings is 2. The van der Waals surface area contributed by atoms with Crippen molar-refractivity contribution in [1.82, 2.24) is 10.6 Å². The Labute approximate surface area is 229 Å². The number of carbonyl (C=O) groups excluding carboxylic acids is 2. The summed E-state index contributed by atoms with van der Waals surface area (Å²) in [5.74, 6) is 0.507. The number of amides is 2. The maximum absolute atomic E-state index is 12.1. The van der Waals surface area contributed by atoms with Gasteiger partial charge in [0.1, 0.15) is 11.8 Å². The lowest BCUT2D eigenvalue weighted by Crippen LogP contribution is -2.42. The molecule has 3 N–H and O–H groups in total. The smallest absolute Gasteiger partial charge is 0.327 e. The molecule has 38 heavy (non-hydrogen) atoms. The maximum atomic E-state index is 12.1. The van der Waals surface area contributed by atoms with Crippen molar-refractivity contribution >= 4 is 30.4 Å². The third kappa shape index (κ3) is 11.3. The third-order valence-electron chi connectivity index (χ3n) is 5.87. The van der Waals surface area contributed by atoms with Gasteiger partial charge in [-0.15, -0.1) is 0 Å². The first-order valence-electron chi connectivity index (χ1n) is 12.7. The summed E-state index contributed by atoms with van der Waals surface area (Å²) in [6.45, 7) is 0.409. The van der Waals surface area contributed by atoms with Crippen LogP contribution in [-0.4, -0.2) is 62.1 Å². The summed E-state index contributed by atoms with van der Waals surface area (Å²) in [6.07, 6.45) is 5.02. The highest BCUT2D eigenvalue weighted by molar-refractivity contribution is 7.80. The first-order chi connectivity index (χ1) is 18.4. The maximum Gasteiger partial charge on any atom is 0.327 e. The van der Waals surface area contributed by atoms with E-state index in [-0.39, 0.29) is 30.6 Å². The van der Waals surface area contributed by atoms with Crippen LogP contribution in [0.15, 0.2) is 42.5 Å². The standard InChI is InChI=1S/C28H38N2O7S/c1-35-24-14-13-21(17-25(24)36-2)9-6-8-20-10-7-11-22(16-20)37-18-27(32)29-15-5-3-4-12-26(31)30-23(19-38)28(33)34/h7,10-11,13-14,16-17,23,38H,3-6,8-9,12,15,18-19H2,1-2H3,(H,29,32)(H,30,31)(H,33,34)/t23-/m0/s1. The van der Waals surface area contributed by atoms with Crippen LogP contribution in [0.3, 0.4) is 0 Å². The average molecular weight is 547 g/mol. The first kappa shape index (κ1) is 30.8. The van der Waals surface area contributed by atoms with Crippen molar-refractivity contribution < 1.29 is 33.7 Å². The van der Waals surface area contributed by atoms with Gasteiger partial charge in [0.25, 0.3) is 5.91 Å². The molecule has 0 spiro atoms. The second-order valence-electron chi connectivity index (χ2n) is 8.78. The summed E-state index contributed by atoms with van der Waals surface area (Å²) in [5.41, 5.74) is 2.31. The Balaban J connectivity index is 1.62. The number of ether oxygens (including phenoxy) is 3. The number of unbranched alkanes of at least 4 members (excludes halogenated alkanes) is 2. The number of aliphatic carboxylic acids is 1. The Kier molecular flexibility index (Phi) is 13.9. The van der Waals surface area contributed by atoms with Crippen LogP contribution in [0.5, 0.6) is 17.2 Å². The molecule has 0 radical (unpaired) electrons. The minimum atomic E-state index is -1.10. The molecule has 0 aliphatic rings. The number of carboxylic acids is 1. The predicted molar refractivity (Wildman–Crippen MR) is 148 cm³/mol. The Hall–Kier alpha value is -3.40. The van der Waals surface area contributed by atoms with E-state index in [1.807, 2.05) is 42.5 Å². The van der Waals surface area contributed by atoms with Gasteiger partial charge in [-0.25, -0.2) is 4.79 Å². The topological polar surface area (TPSA) is 123 Å². The summed E-state index contributed by atoms with van der Waals surface area (Å²) >= 11 is 3.92. The molecule has 2 rings (SSSR count). The normalized spacial score (nSPS) is 11.3. The van der Waals surface area contributed by atoms with Gasteiger partial charge in [-0.05, 0) is 67.5 Å². The summed E-state index contributed by atoms with van der Waals surface area (Å²) in [4.78, 5) is 34.8. The van der Waals surface area contributed by atoms with Crippen LogP contribution >= 0.6 is 12.6 Å². The number of nitrogens with one attached hydrogen (secondary N) is 2. The molecule has 9 nitrogen and oxygen atoms in total. The van der Waals surface area contributed by atoms with Gasteiger partial charge in [0.15, 0.2) is 18.1 Å². The molecular weight excluding hydrogens is 508 g/mol. The lowest BCUT2D eigenvalue weighted by molar-refractivity contribution is -0.141. The molecule has 0 bridgehead atoms. The van der Waals surface area contributed by atoms with Gasteiger partial charge < -0.3 is 30.0 Å². The zero-order valence-electron chi connectivity index (χ0n) is 22.0. The number of hydrogen-bond donors (Lipinski definition) is 4. The second kappa shape index (κ2) is 17.2. The summed E-state index contributed by atoms with van der Waals surface area (Å²) in [5, 5.41) is 14.2. The largest absolute Gasteiger partial charge is 0.493 e. The molecule has 0 heterocycles. The molecule has 208 valence electrons. The molecule has 0 aliphatic carbocycles. The van der Waals surface area contributed by atoms with E-state index >= 15 is 0 Å².